The van der Waals surface area contributed by atoms with Crippen LogP contribution in [0, 0.1) is 11.8 Å². The van der Waals surface area contributed by atoms with E-state index in [1.807, 2.05) is 50.4 Å². The molecule has 8 nitrogen and oxygen atoms in total. The van der Waals surface area contributed by atoms with E-state index in [1.165, 1.54) is 23.2 Å². The van der Waals surface area contributed by atoms with E-state index in [1.54, 1.807) is 11.1 Å². The number of ether oxygens (including phenoxy) is 1. The van der Waals surface area contributed by atoms with Crippen LogP contribution in [0.2, 0.25) is 0 Å². The number of nitrogens with one attached hydrogen (secondary N) is 1. The number of rotatable bonds is 6. The van der Waals surface area contributed by atoms with Gasteiger partial charge >= 0.3 is 6.09 Å². The second-order valence-corrected chi connectivity index (χ2v) is 12.5. The first-order valence-corrected chi connectivity index (χ1v) is 14.4. The van der Waals surface area contributed by atoms with E-state index in [0.717, 1.165) is 30.4 Å². The van der Waals surface area contributed by atoms with E-state index < -0.39 is 5.60 Å². The predicted molar refractivity (Wildman–Crippen MR) is 151 cm³/mol. The number of fused-ring (bicyclic) bond motifs is 1. The number of carbonyl (C=O) groups is 2. The normalized spacial score (nSPS) is 22.8. The summed E-state index contributed by atoms with van der Waals surface area (Å²) in [7, 11) is 0. The maximum atomic E-state index is 13.7. The van der Waals surface area contributed by atoms with Crippen molar-refractivity contribution in [1.29, 1.82) is 0 Å². The first-order chi connectivity index (χ1) is 18.6. The average molecular weight is 549 g/mol. The summed E-state index contributed by atoms with van der Waals surface area (Å²) in [5, 5.41) is 15.0. The summed E-state index contributed by atoms with van der Waals surface area (Å²) in [4.78, 5) is 37.8. The number of aliphatic hydroxyl groups excluding tert-OH is 1. The zero-order valence-corrected chi connectivity index (χ0v) is 23.7. The van der Waals surface area contributed by atoms with Gasteiger partial charge in [-0.2, -0.15) is 0 Å². The lowest BCUT2D eigenvalue weighted by molar-refractivity contribution is 0.0178. The molecule has 0 bridgehead atoms. The molecule has 9 heteroatoms. The molecule has 1 unspecified atom stereocenters. The van der Waals surface area contributed by atoms with Crippen molar-refractivity contribution in [2.24, 2.45) is 11.8 Å². The van der Waals surface area contributed by atoms with E-state index in [0.29, 0.717) is 28.7 Å². The van der Waals surface area contributed by atoms with Crippen molar-refractivity contribution >= 4 is 29.0 Å². The number of benzene rings is 1. The lowest BCUT2D eigenvalue weighted by atomic mass is 9.89. The number of anilines is 1. The van der Waals surface area contributed by atoms with Gasteiger partial charge in [0.1, 0.15) is 17.7 Å². The van der Waals surface area contributed by atoms with E-state index in [9.17, 15) is 14.7 Å². The van der Waals surface area contributed by atoms with Gasteiger partial charge in [-0.3, -0.25) is 9.69 Å². The third-order valence-electron chi connectivity index (χ3n) is 7.65. The minimum Gasteiger partial charge on any atom is -0.444 e. The van der Waals surface area contributed by atoms with Gasteiger partial charge in [-0.25, -0.2) is 14.8 Å². The highest BCUT2D eigenvalue weighted by atomic mass is 32.1. The molecule has 1 amide bonds. The maximum absolute atomic E-state index is 13.7. The molecule has 3 aromatic rings. The molecular formula is C30H36N4O4S. The molecule has 5 rings (SSSR count). The average Bonchev–Trinajstić information content (AvgIpc) is 3.53. The fourth-order valence-corrected chi connectivity index (χ4v) is 6.58. The van der Waals surface area contributed by atoms with Crippen LogP contribution in [-0.2, 0) is 11.2 Å². The topological polar surface area (TPSA) is 105 Å². The van der Waals surface area contributed by atoms with Crippen LogP contribution in [0.25, 0.3) is 0 Å². The highest BCUT2D eigenvalue weighted by Crippen LogP contribution is 2.39. The van der Waals surface area contributed by atoms with Gasteiger partial charge in [0.15, 0.2) is 0 Å². The van der Waals surface area contributed by atoms with Crippen LogP contribution >= 0.6 is 11.3 Å². The molecule has 206 valence electrons. The van der Waals surface area contributed by atoms with Crippen molar-refractivity contribution < 1.29 is 19.4 Å². The first kappa shape index (κ1) is 27.3. The van der Waals surface area contributed by atoms with E-state index in [4.69, 9.17) is 4.74 Å². The molecular weight excluding hydrogens is 512 g/mol. The lowest BCUT2D eigenvalue weighted by Gasteiger charge is -2.38. The number of hydrogen-bond acceptors (Lipinski definition) is 8. The van der Waals surface area contributed by atoms with Crippen LogP contribution in [0.4, 0.5) is 10.6 Å². The maximum Gasteiger partial charge on any atom is 0.411 e. The Morgan fingerprint density at radius 1 is 1.23 bits per heavy atom. The van der Waals surface area contributed by atoms with Crippen LogP contribution < -0.4 is 5.32 Å². The Hall–Kier alpha value is -3.30. The lowest BCUT2D eigenvalue weighted by Crippen LogP contribution is -2.43. The molecule has 0 saturated heterocycles. The third-order valence-corrected chi connectivity index (χ3v) is 8.60. The third kappa shape index (κ3) is 5.84. The summed E-state index contributed by atoms with van der Waals surface area (Å²) in [5.74, 6) is 1.00. The van der Waals surface area contributed by atoms with E-state index in [-0.39, 0.29) is 36.5 Å². The second-order valence-electron chi connectivity index (χ2n) is 11.6. The van der Waals surface area contributed by atoms with Crippen molar-refractivity contribution in [3.05, 3.63) is 75.4 Å². The monoisotopic (exact) mass is 548 g/mol. The number of thiophene rings is 1. The van der Waals surface area contributed by atoms with Gasteiger partial charge in [-0.15, -0.1) is 11.3 Å². The molecule has 1 aromatic carbocycles. The van der Waals surface area contributed by atoms with Crippen LogP contribution in [0.3, 0.4) is 0 Å². The zero-order valence-electron chi connectivity index (χ0n) is 22.9. The molecule has 2 aliphatic rings. The molecule has 1 saturated carbocycles. The van der Waals surface area contributed by atoms with Gasteiger partial charge in [0.05, 0.1) is 16.5 Å². The zero-order chi connectivity index (χ0) is 27.7. The molecule has 2 aromatic heterocycles. The Kier molecular flexibility index (Phi) is 7.73. The molecule has 1 aliphatic carbocycles. The Balaban J connectivity index is 1.43. The van der Waals surface area contributed by atoms with Crippen molar-refractivity contribution in [2.45, 2.75) is 64.6 Å². The molecule has 3 heterocycles. The van der Waals surface area contributed by atoms with Gasteiger partial charge in [-0.05, 0) is 80.0 Å². The quantitative estimate of drug-likeness (QED) is 0.394. The smallest absolute Gasteiger partial charge is 0.411 e. The predicted octanol–water partition coefficient (Wildman–Crippen LogP) is 5.47. The number of nitrogens with zero attached hydrogens (tertiary/aromatic N) is 3. The standard InChI is InChI=1S/C30H36N4O4S/c1-18-11-22(12-20(18)15-35)33-28-24(14-31-17-32-28)27(36)25-13-21(16-39-25)26-23-8-6-5-7-19(23)9-10-34(26)29(37)38-30(2,3)4/h5-8,13-14,16-18,20,22,26,35H,9-12,15H2,1-4H3,(H,31,32,33)/t18-,20+,22-,26?/m0/s1. The summed E-state index contributed by atoms with van der Waals surface area (Å²) in [6.07, 6.45) is 5.12. The van der Waals surface area contributed by atoms with Crippen molar-refractivity contribution in [3.63, 3.8) is 0 Å². The van der Waals surface area contributed by atoms with Crippen LogP contribution in [0.1, 0.15) is 78.5 Å². The molecule has 1 fully saturated rings. The van der Waals surface area contributed by atoms with Crippen LogP contribution in [0.15, 0.2) is 48.2 Å². The second kappa shape index (κ2) is 11.1. The molecule has 4 atom stereocenters. The fraction of sp³-hybridized carbons (Fsp3) is 0.467. The summed E-state index contributed by atoms with van der Waals surface area (Å²) >= 11 is 1.36. The molecule has 2 N–H and O–H groups in total. The number of amides is 1. The van der Waals surface area contributed by atoms with Crippen molar-refractivity contribution in [2.75, 3.05) is 18.5 Å². The fourth-order valence-electron chi connectivity index (χ4n) is 5.70. The number of aromatic nitrogens is 2. The Morgan fingerprint density at radius 3 is 2.77 bits per heavy atom. The summed E-state index contributed by atoms with van der Waals surface area (Å²) < 4.78 is 5.75. The SMILES string of the molecule is C[C@H]1C[C@H](Nc2ncncc2C(=O)c2cc(C3c4ccccc4CCN3C(=O)OC(C)(C)C)cs2)C[C@@H]1CO. The minimum atomic E-state index is -0.612. The summed E-state index contributed by atoms with van der Waals surface area (Å²) in [6, 6.07) is 9.81. The number of hydrogen-bond donors (Lipinski definition) is 2. The van der Waals surface area contributed by atoms with Gasteiger partial charge < -0.3 is 15.2 Å². The van der Waals surface area contributed by atoms with E-state index >= 15 is 0 Å². The molecule has 39 heavy (non-hydrogen) atoms. The van der Waals surface area contributed by atoms with Crippen LogP contribution in [-0.4, -0.2) is 56.6 Å². The van der Waals surface area contributed by atoms with Gasteiger partial charge in [0.2, 0.25) is 5.78 Å². The largest absolute Gasteiger partial charge is 0.444 e. The summed E-state index contributed by atoms with van der Waals surface area (Å²) in [6.45, 7) is 8.43. The first-order valence-electron chi connectivity index (χ1n) is 13.5. The Morgan fingerprint density at radius 2 is 2.03 bits per heavy atom. The van der Waals surface area contributed by atoms with Crippen molar-refractivity contribution in [3.8, 4) is 0 Å². The van der Waals surface area contributed by atoms with E-state index in [2.05, 4.69) is 28.3 Å². The van der Waals surface area contributed by atoms with Crippen LogP contribution in [0.5, 0.6) is 0 Å². The van der Waals surface area contributed by atoms with Gasteiger partial charge in [0.25, 0.3) is 0 Å². The number of ketones is 1. The Bertz CT molecular complexity index is 1350. The van der Waals surface area contributed by atoms with Gasteiger partial charge in [0, 0.05) is 25.4 Å². The molecule has 0 radical (unpaired) electrons. The molecule has 0 spiro atoms. The number of aliphatic hydroxyl groups is 1. The molecule has 1 aliphatic heterocycles. The highest BCUT2D eigenvalue weighted by Gasteiger charge is 2.36. The van der Waals surface area contributed by atoms with Gasteiger partial charge in [-0.1, -0.05) is 31.2 Å². The van der Waals surface area contributed by atoms with Crippen molar-refractivity contribution in [1.82, 2.24) is 14.9 Å². The minimum absolute atomic E-state index is 0.138. The highest BCUT2D eigenvalue weighted by molar-refractivity contribution is 7.12. The number of carbonyl (C=O) groups excluding carboxylic acids is 2. The summed E-state index contributed by atoms with van der Waals surface area (Å²) in [5.41, 5.74) is 2.92. The Labute approximate surface area is 233 Å².